The summed E-state index contributed by atoms with van der Waals surface area (Å²) in [5.74, 6) is 0.780. The van der Waals surface area contributed by atoms with E-state index in [1.54, 1.807) is 0 Å². The van der Waals surface area contributed by atoms with Gasteiger partial charge in [-0.25, -0.2) is 8.42 Å². The molecule has 1 heterocycles. The van der Waals surface area contributed by atoms with E-state index in [1.165, 1.54) is 6.42 Å². The molecule has 0 aliphatic rings. The van der Waals surface area contributed by atoms with Crippen LogP contribution in [0.25, 0.3) is 0 Å². The number of anilines is 2. The Hall–Kier alpha value is -0.820. The van der Waals surface area contributed by atoms with Gasteiger partial charge < -0.3 is 11.1 Å². The number of sulfone groups is 1. The van der Waals surface area contributed by atoms with Crippen molar-refractivity contribution in [1.29, 1.82) is 0 Å². The van der Waals surface area contributed by atoms with Crippen LogP contribution in [0.15, 0.2) is 4.90 Å². The smallest absolute Gasteiger partial charge is 0.182 e. The van der Waals surface area contributed by atoms with Crippen LogP contribution in [-0.2, 0) is 9.84 Å². The molecule has 0 amide bonds. The Balaban J connectivity index is 2.68. The van der Waals surface area contributed by atoms with Crippen LogP contribution < -0.4 is 11.1 Å². The van der Waals surface area contributed by atoms with Crippen LogP contribution in [0, 0.1) is 5.92 Å². The van der Waals surface area contributed by atoms with Crippen molar-refractivity contribution in [2.75, 3.05) is 17.3 Å². The Morgan fingerprint density at radius 2 is 1.95 bits per heavy atom. The van der Waals surface area contributed by atoms with Crippen LogP contribution >= 0.6 is 11.5 Å². The lowest BCUT2D eigenvalue weighted by Gasteiger charge is -2.15. The van der Waals surface area contributed by atoms with Crippen molar-refractivity contribution in [3.63, 3.8) is 0 Å². The zero-order valence-electron chi connectivity index (χ0n) is 11.9. The average molecular weight is 305 g/mol. The molecule has 7 heteroatoms. The zero-order valence-corrected chi connectivity index (χ0v) is 13.6. The van der Waals surface area contributed by atoms with Gasteiger partial charge in [-0.1, -0.05) is 26.7 Å². The fourth-order valence-electron chi connectivity index (χ4n) is 1.87. The maximum Gasteiger partial charge on any atom is 0.182 e. The SMILES string of the molecule is CC(C)CCCC(C)Nc1snc(N)c1S(C)(=O)=O. The summed E-state index contributed by atoms with van der Waals surface area (Å²) in [6.07, 6.45) is 4.45. The van der Waals surface area contributed by atoms with Gasteiger partial charge in [0.15, 0.2) is 15.7 Å². The van der Waals surface area contributed by atoms with Crippen LogP contribution in [0.2, 0.25) is 0 Å². The third-order valence-corrected chi connectivity index (χ3v) is 4.92. The summed E-state index contributed by atoms with van der Waals surface area (Å²) in [7, 11) is -3.34. The van der Waals surface area contributed by atoms with Crippen molar-refractivity contribution in [1.82, 2.24) is 4.37 Å². The molecule has 1 aromatic rings. The predicted molar refractivity (Wildman–Crippen MR) is 81.4 cm³/mol. The first-order valence-corrected chi connectivity index (χ1v) is 9.10. The maximum atomic E-state index is 11.7. The molecule has 1 aromatic heterocycles. The minimum atomic E-state index is -3.34. The van der Waals surface area contributed by atoms with Gasteiger partial charge in [0.1, 0.15) is 9.90 Å². The van der Waals surface area contributed by atoms with Crippen LogP contribution in [0.1, 0.15) is 40.0 Å². The van der Waals surface area contributed by atoms with E-state index in [1.807, 2.05) is 6.92 Å². The molecule has 0 fully saturated rings. The Labute approximate surface area is 119 Å². The topological polar surface area (TPSA) is 85.1 Å². The van der Waals surface area contributed by atoms with E-state index in [9.17, 15) is 8.42 Å². The second-order valence-electron chi connectivity index (χ2n) is 5.37. The van der Waals surface area contributed by atoms with Gasteiger partial charge in [0.25, 0.3) is 0 Å². The summed E-state index contributed by atoms with van der Waals surface area (Å²) >= 11 is 1.11. The summed E-state index contributed by atoms with van der Waals surface area (Å²) in [5.41, 5.74) is 5.62. The zero-order chi connectivity index (χ0) is 14.6. The molecule has 3 N–H and O–H groups in total. The molecular formula is C12H23N3O2S2. The molecule has 0 spiro atoms. The summed E-state index contributed by atoms with van der Waals surface area (Å²) in [6.45, 7) is 6.44. The van der Waals surface area contributed by atoms with Crippen molar-refractivity contribution >= 4 is 32.2 Å². The molecule has 1 unspecified atom stereocenters. The van der Waals surface area contributed by atoms with Crippen molar-refractivity contribution in [3.05, 3.63) is 0 Å². The van der Waals surface area contributed by atoms with E-state index >= 15 is 0 Å². The molecule has 0 aromatic carbocycles. The first-order chi connectivity index (χ1) is 8.71. The maximum absolute atomic E-state index is 11.7. The lowest BCUT2D eigenvalue weighted by Crippen LogP contribution is -2.16. The minimum absolute atomic E-state index is 0.0874. The summed E-state index contributed by atoms with van der Waals surface area (Å²) in [4.78, 5) is 0.133. The fraction of sp³-hybridized carbons (Fsp3) is 0.750. The van der Waals surface area contributed by atoms with Crippen molar-refractivity contribution in [3.8, 4) is 0 Å². The van der Waals surface area contributed by atoms with Gasteiger partial charge in [-0.15, -0.1) is 0 Å². The normalized spacial score (nSPS) is 13.7. The van der Waals surface area contributed by atoms with Crippen LogP contribution in [0.5, 0.6) is 0 Å². The van der Waals surface area contributed by atoms with E-state index in [0.717, 1.165) is 30.6 Å². The molecule has 0 saturated heterocycles. The van der Waals surface area contributed by atoms with Crippen molar-refractivity contribution in [2.45, 2.75) is 51.0 Å². The molecule has 0 aliphatic carbocycles. The molecule has 1 rings (SSSR count). The van der Waals surface area contributed by atoms with Crippen LogP contribution in [-0.4, -0.2) is 25.1 Å². The van der Waals surface area contributed by atoms with E-state index in [4.69, 9.17) is 5.73 Å². The highest BCUT2D eigenvalue weighted by Gasteiger charge is 2.22. The molecule has 5 nitrogen and oxygen atoms in total. The number of nitrogens with zero attached hydrogens (tertiary/aromatic N) is 1. The standard InChI is InChI=1S/C12H23N3O2S2/c1-8(2)6-5-7-9(3)14-12-10(19(4,16)17)11(13)15-18-12/h8-9,14H,5-7H2,1-4H3,(H2,13,15). The number of aromatic nitrogens is 1. The Morgan fingerprint density at radius 3 is 2.47 bits per heavy atom. The minimum Gasteiger partial charge on any atom is -0.382 e. The quantitative estimate of drug-likeness (QED) is 0.809. The number of nitrogens with one attached hydrogen (secondary N) is 1. The van der Waals surface area contributed by atoms with Gasteiger partial charge in [0.05, 0.1) is 0 Å². The third-order valence-electron chi connectivity index (χ3n) is 2.84. The molecule has 110 valence electrons. The number of nitrogen functional groups attached to an aromatic ring is 1. The fourth-order valence-corrected chi connectivity index (χ4v) is 4.04. The largest absolute Gasteiger partial charge is 0.382 e. The van der Waals surface area contributed by atoms with Gasteiger partial charge in [-0.05, 0) is 30.8 Å². The Bertz CT molecular complexity index is 509. The van der Waals surface area contributed by atoms with Crippen LogP contribution in [0.4, 0.5) is 10.8 Å². The van der Waals surface area contributed by atoms with E-state index in [2.05, 4.69) is 23.5 Å². The van der Waals surface area contributed by atoms with E-state index < -0.39 is 9.84 Å². The van der Waals surface area contributed by atoms with E-state index in [-0.39, 0.29) is 16.8 Å². The lowest BCUT2D eigenvalue weighted by atomic mass is 10.0. The molecule has 0 bridgehead atoms. The highest BCUT2D eigenvalue weighted by molar-refractivity contribution is 7.91. The van der Waals surface area contributed by atoms with Gasteiger partial charge >= 0.3 is 0 Å². The molecule has 1 atom stereocenters. The van der Waals surface area contributed by atoms with Gasteiger partial charge in [0, 0.05) is 12.3 Å². The summed E-state index contributed by atoms with van der Waals surface area (Å²) < 4.78 is 27.3. The molecule has 0 aliphatic heterocycles. The monoisotopic (exact) mass is 305 g/mol. The highest BCUT2D eigenvalue weighted by Crippen LogP contribution is 2.32. The van der Waals surface area contributed by atoms with Crippen LogP contribution in [0.3, 0.4) is 0 Å². The Kier molecular flexibility index (Phi) is 5.61. The van der Waals surface area contributed by atoms with Gasteiger partial charge in [-0.3, -0.25) is 0 Å². The number of rotatable bonds is 7. The van der Waals surface area contributed by atoms with Gasteiger partial charge in [0.2, 0.25) is 0 Å². The average Bonchev–Trinajstić information content (AvgIpc) is 2.58. The molecule has 0 saturated carbocycles. The lowest BCUT2D eigenvalue weighted by molar-refractivity contribution is 0.520. The second-order valence-corrected chi connectivity index (χ2v) is 8.09. The first-order valence-electron chi connectivity index (χ1n) is 6.43. The Morgan fingerprint density at radius 1 is 1.32 bits per heavy atom. The summed E-state index contributed by atoms with van der Waals surface area (Å²) in [5, 5.41) is 3.76. The first kappa shape index (κ1) is 16.2. The molecule has 0 radical (unpaired) electrons. The van der Waals surface area contributed by atoms with Gasteiger partial charge in [-0.2, -0.15) is 4.37 Å². The predicted octanol–water partition coefficient (Wildman–Crippen LogP) is 2.76. The molecular weight excluding hydrogens is 282 g/mol. The number of hydrogen-bond acceptors (Lipinski definition) is 6. The molecule has 19 heavy (non-hydrogen) atoms. The number of nitrogens with two attached hydrogens (primary N) is 1. The third kappa shape index (κ3) is 4.99. The van der Waals surface area contributed by atoms with Crippen molar-refractivity contribution in [2.24, 2.45) is 5.92 Å². The second kappa shape index (κ2) is 6.56. The summed E-state index contributed by atoms with van der Waals surface area (Å²) in [6, 6.07) is 0.207. The number of hydrogen-bond donors (Lipinski definition) is 2. The van der Waals surface area contributed by atoms with E-state index in [0.29, 0.717) is 10.9 Å². The highest BCUT2D eigenvalue weighted by atomic mass is 32.2. The van der Waals surface area contributed by atoms with Crippen molar-refractivity contribution < 1.29 is 8.42 Å².